The second-order valence-electron chi connectivity index (χ2n) is 3.69. The van der Waals surface area contributed by atoms with E-state index in [1.807, 2.05) is 25.2 Å². The fourth-order valence-electron chi connectivity index (χ4n) is 1.77. The van der Waals surface area contributed by atoms with Gasteiger partial charge >= 0.3 is 11.9 Å². The van der Waals surface area contributed by atoms with Crippen LogP contribution in [0.2, 0.25) is 0 Å². The summed E-state index contributed by atoms with van der Waals surface area (Å²) in [6.07, 6.45) is 6.59. The van der Waals surface area contributed by atoms with Gasteiger partial charge in [-0.1, -0.05) is 30.7 Å². The molecule has 0 heterocycles. The third kappa shape index (κ3) is 2.51. The van der Waals surface area contributed by atoms with Crippen LogP contribution in [0.15, 0.2) is 23.8 Å². The molecular formula is C12H16O4. The highest BCUT2D eigenvalue weighted by Gasteiger charge is 2.35. The highest BCUT2D eigenvalue weighted by molar-refractivity contribution is 5.95. The van der Waals surface area contributed by atoms with Crippen molar-refractivity contribution in [1.82, 2.24) is 0 Å². The lowest BCUT2D eigenvalue weighted by atomic mass is 9.86. The monoisotopic (exact) mass is 224 g/mol. The third-order valence-electron chi connectivity index (χ3n) is 2.80. The first-order valence-corrected chi connectivity index (χ1v) is 5.13. The van der Waals surface area contributed by atoms with Crippen molar-refractivity contribution >= 4 is 11.9 Å². The van der Waals surface area contributed by atoms with E-state index in [2.05, 4.69) is 9.47 Å². The predicted molar refractivity (Wildman–Crippen MR) is 58.5 cm³/mol. The van der Waals surface area contributed by atoms with Crippen LogP contribution in [0.3, 0.4) is 0 Å². The average Bonchev–Trinajstić information content (AvgIpc) is 2.81. The summed E-state index contributed by atoms with van der Waals surface area (Å²) in [7, 11) is 2.54. The summed E-state index contributed by atoms with van der Waals surface area (Å²) in [5.41, 5.74) is 1.04. The van der Waals surface area contributed by atoms with Gasteiger partial charge in [-0.2, -0.15) is 0 Å². The maximum atomic E-state index is 11.5. The number of carbonyl (C=O) groups excluding carboxylic acids is 2. The molecule has 0 amide bonds. The zero-order valence-corrected chi connectivity index (χ0v) is 9.73. The number of ether oxygens (including phenoxy) is 2. The maximum Gasteiger partial charge on any atom is 0.320 e. The standard InChI is InChI=1S/C12H16O4/c1-8(9-6-4-5-7-9)10(11(13)15-2)12(14)16-3/h4-6,8,10H,7H2,1-3H3. The number of esters is 2. The van der Waals surface area contributed by atoms with Gasteiger partial charge in [0.25, 0.3) is 0 Å². The van der Waals surface area contributed by atoms with Crippen LogP contribution < -0.4 is 0 Å². The lowest BCUT2D eigenvalue weighted by molar-refractivity contribution is -0.160. The van der Waals surface area contributed by atoms with Crippen LogP contribution in [0.25, 0.3) is 0 Å². The molecule has 0 spiro atoms. The number of methoxy groups -OCH3 is 2. The second-order valence-corrected chi connectivity index (χ2v) is 3.69. The minimum atomic E-state index is -0.874. The number of hydrogen-bond donors (Lipinski definition) is 0. The molecule has 4 heteroatoms. The van der Waals surface area contributed by atoms with Gasteiger partial charge in [-0.05, 0) is 6.42 Å². The molecule has 0 aliphatic heterocycles. The van der Waals surface area contributed by atoms with Gasteiger partial charge in [0.05, 0.1) is 14.2 Å². The summed E-state index contributed by atoms with van der Waals surface area (Å²) >= 11 is 0. The Morgan fingerprint density at radius 3 is 2.19 bits per heavy atom. The molecule has 0 aromatic heterocycles. The van der Waals surface area contributed by atoms with E-state index in [4.69, 9.17) is 0 Å². The molecule has 88 valence electrons. The Hall–Kier alpha value is -1.58. The molecule has 1 aliphatic carbocycles. The summed E-state index contributed by atoms with van der Waals surface area (Å²) in [4.78, 5) is 23.1. The highest BCUT2D eigenvalue weighted by atomic mass is 16.5. The Labute approximate surface area is 94.9 Å². The first-order chi connectivity index (χ1) is 7.61. The lowest BCUT2D eigenvalue weighted by Gasteiger charge is -2.20. The summed E-state index contributed by atoms with van der Waals surface area (Å²) in [5.74, 6) is -2.17. The number of hydrogen-bond acceptors (Lipinski definition) is 4. The van der Waals surface area contributed by atoms with E-state index in [1.165, 1.54) is 14.2 Å². The Kier molecular flexibility index (Phi) is 4.28. The Morgan fingerprint density at radius 1 is 1.25 bits per heavy atom. The van der Waals surface area contributed by atoms with E-state index >= 15 is 0 Å². The van der Waals surface area contributed by atoms with E-state index in [0.717, 1.165) is 12.0 Å². The minimum Gasteiger partial charge on any atom is -0.468 e. The summed E-state index contributed by atoms with van der Waals surface area (Å²) < 4.78 is 9.26. The molecule has 0 fully saturated rings. The molecule has 0 saturated heterocycles. The summed E-state index contributed by atoms with van der Waals surface area (Å²) in [6, 6.07) is 0. The molecular weight excluding hydrogens is 208 g/mol. The zero-order valence-electron chi connectivity index (χ0n) is 9.73. The molecule has 1 atom stereocenters. The molecule has 0 radical (unpaired) electrons. The SMILES string of the molecule is COC(=O)C(C(=O)OC)C(C)C1=CC=CC1. The van der Waals surface area contributed by atoms with Crippen molar-refractivity contribution < 1.29 is 19.1 Å². The van der Waals surface area contributed by atoms with E-state index < -0.39 is 17.9 Å². The van der Waals surface area contributed by atoms with Gasteiger partial charge in [-0.15, -0.1) is 0 Å². The van der Waals surface area contributed by atoms with Gasteiger partial charge in [-0.25, -0.2) is 0 Å². The maximum absolute atomic E-state index is 11.5. The first kappa shape index (κ1) is 12.5. The van der Waals surface area contributed by atoms with Crippen molar-refractivity contribution in [3.05, 3.63) is 23.8 Å². The van der Waals surface area contributed by atoms with Crippen molar-refractivity contribution in [3.8, 4) is 0 Å². The van der Waals surface area contributed by atoms with Gasteiger partial charge in [0, 0.05) is 5.92 Å². The van der Waals surface area contributed by atoms with E-state index in [1.54, 1.807) is 0 Å². The van der Waals surface area contributed by atoms with E-state index in [9.17, 15) is 9.59 Å². The number of carbonyl (C=O) groups is 2. The topological polar surface area (TPSA) is 52.6 Å². The predicted octanol–water partition coefficient (Wildman–Crippen LogP) is 1.47. The molecule has 1 unspecified atom stereocenters. The van der Waals surface area contributed by atoms with Crippen LogP contribution in [0.4, 0.5) is 0 Å². The molecule has 0 bridgehead atoms. The molecule has 0 aromatic rings. The van der Waals surface area contributed by atoms with Gasteiger partial charge < -0.3 is 9.47 Å². The van der Waals surface area contributed by atoms with Gasteiger partial charge in [0.15, 0.2) is 5.92 Å². The Morgan fingerprint density at radius 2 is 1.81 bits per heavy atom. The first-order valence-electron chi connectivity index (χ1n) is 5.13. The van der Waals surface area contributed by atoms with Gasteiger partial charge in [0.2, 0.25) is 0 Å². The average molecular weight is 224 g/mol. The summed E-state index contributed by atoms with van der Waals surface area (Å²) in [5, 5.41) is 0. The van der Waals surface area contributed by atoms with E-state index in [-0.39, 0.29) is 5.92 Å². The molecule has 0 N–H and O–H groups in total. The minimum absolute atomic E-state index is 0.199. The normalized spacial score (nSPS) is 15.9. The smallest absolute Gasteiger partial charge is 0.320 e. The fourth-order valence-corrected chi connectivity index (χ4v) is 1.77. The van der Waals surface area contributed by atoms with Crippen molar-refractivity contribution in [2.24, 2.45) is 11.8 Å². The molecule has 1 aliphatic rings. The van der Waals surface area contributed by atoms with Crippen molar-refractivity contribution in [2.75, 3.05) is 14.2 Å². The number of rotatable bonds is 4. The highest BCUT2D eigenvalue weighted by Crippen LogP contribution is 2.28. The second kappa shape index (κ2) is 5.49. The summed E-state index contributed by atoms with van der Waals surface area (Å²) in [6.45, 7) is 1.83. The molecule has 16 heavy (non-hydrogen) atoms. The van der Waals surface area contributed by atoms with Crippen molar-refractivity contribution in [2.45, 2.75) is 13.3 Å². The van der Waals surface area contributed by atoms with Crippen molar-refractivity contribution in [3.63, 3.8) is 0 Å². The van der Waals surface area contributed by atoms with Crippen LogP contribution in [0.1, 0.15) is 13.3 Å². The third-order valence-corrected chi connectivity index (χ3v) is 2.80. The van der Waals surface area contributed by atoms with E-state index in [0.29, 0.717) is 0 Å². The van der Waals surface area contributed by atoms with Gasteiger partial charge in [0.1, 0.15) is 0 Å². The van der Waals surface area contributed by atoms with Crippen molar-refractivity contribution in [1.29, 1.82) is 0 Å². The van der Waals surface area contributed by atoms with Crippen LogP contribution >= 0.6 is 0 Å². The van der Waals surface area contributed by atoms with Crippen LogP contribution in [-0.4, -0.2) is 26.2 Å². The van der Waals surface area contributed by atoms with Gasteiger partial charge in [-0.3, -0.25) is 9.59 Å². The Bertz CT molecular complexity index is 325. The molecule has 4 nitrogen and oxygen atoms in total. The molecule has 0 saturated carbocycles. The molecule has 1 rings (SSSR count). The fraction of sp³-hybridized carbons (Fsp3) is 0.500. The lowest BCUT2D eigenvalue weighted by Crippen LogP contribution is -2.32. The quantitative estimate of drug-likeness (QED) is 0.536. The van der Waals surface area contributed by atoms with Crippen LogP contribution in [-0.2, 0) is 19.1 Å². The molecule has 0 aromatic carbocycles. The zero-order chi connectivity index (χ0) is 12.1. The Balaban J connectivity index is 2.83. The largest absolute Gasteiger partial charge is 0.468 e. The number of allylic oxidation sites excluding steroid dienone is 4. The van der Waals surface area contributed by atoms with Crippen LogP contribution in [0, 0.1) is 11.8 Å². The van der Waals surface area contributed by atoms with Crippen LogP contribution in [0.5, 0.6) is 0 Å².